The van der Waals surface area contributed by atoms with Crippen LogP contribution in [-0.4, -0.2) is 24.7 Å². The first-order chi connectivity index (χ1) is 9.72. The third kappa shape index (κ3) is 3.78. The zero-order chi connectivity index (χ0) is 14.4. The maximum atomic E-state index is 5.93. The van der Waals surface area contributed by atoms with Crippen LogP contribution in [0.5, 0.6) is 5.88 Å². The largest absolute Gasteiger partial charge is 0.476 e. The van der Waals surface area contributed by atoms with Crippen molar-refractivity contribution in [1.29, 1.82) is 0 Å². The molecule has 112 valence electrons. The van der Waals surface area contributed by atoms with Crippen molar-refractivity contribution in [1.82, 2.24) is 4.98 Å². The van der Waals surface area contributed by atoms with Crippen LogP contribution < -0.4 is 15.4 Å². The lowest BCUT2D eigenvalue weighted by Crippen LogP contribution is -2.31. The second-order valence-corrected chi connectivity index (χ2v) is 5.67. The Morgan fingerprint density at radius 1 is 1.25 bits per heavy atom. The summed E-state index contributed by atoms with van der Waals surface area (Å²) in [4.78, 5) is 6.89. The van der Waals surface area contributed by atoms with Crippen LogP contribution in [0.15, 0.2) is 12.1 Å². The van der Waals surface area contributed by atoms with Gasteiger partial charge in [-0.25, -0.2) is 0 Å². The number of hydrogen-bond donors (Lipinski definition) is 1. The van der Waals surface area contributed by atoms with Crippen molar-refractivity contribution in [3.8, 4) is 5.88 Å². The Labute approximate surface area is 122 Å². The summed E-state index contributed by atoms with van der Waals surface area (Å²) in [6.45, 7) is 2.74. The first-order valence-electron chi connectivity index (χ1n) is 7.84. The number of nitrogen functional groups attached to an aromatic ring is 1. The summed E-state index contributed by atoms with van der Waals surface area (Å²) in [5.41, 5.74) is 6.55. The topological polar surface area (TPSA) is 51.4 Å². The molecule has 20 heavy (non-hydrogen) atoms. The predicted molar refractivity (Wildman–Crippen MR) is 84.3 cm³/mol. The molecule has 0 atom stereocenters. The molecule has 4 nitrogen and oxygen atoms in total. The first kappa shape index (κ1) is 14.9. The molecule has 1 aromatic heterocycles. The van der Waals surface area contributed by atoms with E-state index in [0.29, 0.717) is 24.2 Å². The molecule has 4 heteroatoms. The van der Waals surface area contributed by atoms with Gasteiger partial charge in [0.2, 0.25) is 5.88 Å². The van der Waals surface area contributed by atoms with E-state index in [1.54, 1.807) is 0 Å². The molecular formula is C16H27N3O. The maximum Gasteiger partial charge on any atom is 0.239 e. The fraction of sp³-hybridized carbons (Fsp3) is 0.688. The summed E-state index contributed by atoms with van der Waals surface area (Å²) in [7, 11) is 2.14. The molecule has 1 fully saturated rings. The molecule has 1 aliphatic rings. The van der Waals surface area contributed by atoms with Crippen molar-refractivity contribution >= 4 is 11.5 Å². The summed E-state index contributed by atoms with van der Waals surface area (Å²) in [6.07, 6.45) is 8.85. The number of pyridine rings is 1. The van der Waals surface area contributed by atoms with Gasteiger partial charge in [0.1, 0.15) is 5.82 Å². The average Bonchev–Trinajstić information content (AvgIpc) is 2.75. The highest BCUT2D eigenvalue weighted by atomic mass is 16.5. The van der Waals surface area contributed by atoms with Crippen molar-refractivity contribution in [2.45, 2.75) is 57.9 Å². The number of aromatic nitrogens is 1. The Balaban J connectivity index is 2.10. The van der Waals surface area contributed by atoms with E-state index in [9.17, 15) is 0 Å². The highest BCUT2D eigenvalue weighted by Crippen LogP contribution is 2.27. The molecule has 0 spiro atoms. The van der Waals surface area contributed by atoms with Gasteiger partial charge in [-0.3, -0.25) is 0 Å². The maximum absolute atomic E-state index is 5.93. The number of rotatable bonds is 5. The van der Waals surface area contributed by atoms with Crippen LogP contribution in [-0.2, 0) is 0 Å². The fourth-order valence-corrected chi connectivity index (χ4v) is 2.78. The number of anilines is 2. The summed E-state index contributed by atoms with van der Waals surface area (Å²) >= 11 is 0. The van der Waals surface area contributed by atoms with E-state index < -0.39 is 0 Å². The van der Waals surface area contributed by atoms with E-state index in [4.69, 9.17) is 10.5 Å². The van der Waals surface area contributed by atoms with E-state index in [1.807, 2.05) is 12.1 Å². The van der Waals surface area contributed by atoms with Crippen LogP contribution in [0.2, 0.25) is 0 Å². The third-order valence-electron chi connectivity index (χ3n) is 4.05. The molecule has 0 unspecified atom stereocenters. The van der Waals surface area contributed by atoms with Gasteiger partial charge in [-0.1, -0.05) is 32.6 Å². The average molecular weight is 277 g/mol. The van der Waals surface area contributed by atoms with Gasteiger partial charge in [-0.2, -0.15) is 4.98 Å². The van der Waals surface area contributed by atoms with Crippen molar-refractivity contribution in [2.24, 2.45) is 0 Å². The van der Waals surface area contributed by atoms with Crippen LogP contribution in [0.3, 0.4) is 0 Å². The standard InChI is InChI=1S/C16H27N3O/c1-3-12-20-16-14(17)10-11-15(18-16)19(2)13-8-6-4-5-7-9-13/h10-11,13H,3-9,12,17H2,1-2H3. The summed E-state index contributed by atoms with van der Waals surface area (Å²) in [6, 6.07) is 4.49. The van der Waals surface area contributed by atoms with Gasteiger partial charge in [0.25, 0.3) is 0 Å². The molecule has 1 aromatic rings. The van der Waals surface area contributed by atoms with Crippen LogP contribution in [0.4, 0.5) is 11.5 Å². The molecule has 0 aliphatic heterocycles. The van der Waals surface area contributed by atoms with Crippen LogP contribution in [0.1, 0.15) is 51.9 Å². The monoisotopic (exact) mass is 277 g/mol. The van der Waals surface area contributed by atoms with Crippen molar-refractivity contribution in [2.75, 3.05) is 24.3 Å². The van der Waals surface area contributed by atoms with Crippen molar-refractivity contribution < 1.29 is 4.74 Å². The number of hydrogen-bond acceptors (Lipinski definition) is 4. The fourth-order valence-electron chi connectivity index (χ4n) is 2.78. The minimum absolute atomic E-state index is 0.574. The summed E-state index contributed by atoms with van der Waals surface area (Å²) < 4.78 is 5.63. The second kappa shape index (κ2) is 7.36. The van der Waals surface area contributed by atoms with Gasteiger partial charge in [-0.05, 0) is 31.4 Å². The van der Waals surface area contributed by atoms with Crippen LogP contribution in [0, 0.1) is 0 Å². The molecule has 2 rings (SSSR count). The zero-order valence-electron chi connectivity index (χ0n) is 12.8. The van der Waals surface area contributed by atoms with E-state index in [2.05, 4.69) is 23.9 Å². The normalized spacial score (nSPS) is 16.7. The Hall–Kier alpha value is -1.45. The van der Waals surface area contributed by atoms with E-state index in [0.717, 1.165) is 12.2 Å². The Morgan fingerprint density at radius 2 is 1.95 bits per heavy atom. The lowest BCUT2D eigenvalue weighted by molar-refractivity contribution is 0.307. The molecule has 0 amide bonds. The van der Waals surface area contributed by atoms with Gasteiger partial charge in [0, 0.05) is 13.1 Å². The first-order valence-corrected chi connectivity index (χ1v) is 7.84. The SMILES string of the molecule is CCCOc1nc(N(C)C2CCCCCC2)ccc1N. The Bertz CT molecular complexity index is 414. The minimum atomic E-state index is 0.574. The van der Waals surface area contributed by atoms with Crippen LogP contribution >= 0.6 is 0 Å². The zero-order valence-corrected chi connectivity index (χ0v) is 12.8. The van der Waals surface area contributed by atoms with Crippen LogP contribution in [0.25, 0.3) is 0 Å². The highest BCUT2D eigenvalue weighted by Gasteiger charge is 2.19. The second-order valence-electron chi connectivity index (χ2n) is 5.67. The molecule has 2 N–H and O–H groups in total. The van der Waals surface area contributed by atoms with Crippen molar-refractivity contribution in [3.05, 3.63) is 12.1 Å². The van der Waals surface area contributed by atoms with E-state index in [-0.39, 0.29) is 0 Å². The smallest absolute Gasteiger partial charge is 0.239 e. The molecule has 0 saturated heterocycles. The Morgan fingerprint density at radius 3 is 2.60 bits per heavy atom. The molecule has 1 heterocycles. The molecule has 1 saturated carbocycles. The Kier molecular flexibility index (Phi) is 5.50. The van der Waals surface area contributed by atoms with Gasteiger partial charge >= 0.3 is 0 Å². The molecule has 0 aromatic carbocycles. The van der Waals surface area contributed by atoms with E-state index in [1.165, 1.54) is 38.5 Å². The lowest BCUT2D eigenvalue weighted by Gasteiger charge is -2.28. The quantitative estimate of drug-likeness (QED) is 0.835. The molecule has 0 bridgehead atoms. The summed E-state index contributed by atoms with van der Waals surface area (Å²) in [5, 5.41) is 0. The number of nitrogens with zero attached hydrogens (tertiary/aromatic N) is 2. The lowest BCUT2D eigenvalue weighted by atomic mass is 10.1. The third-order valence-corrected chi connectivity index (χ3v) is 4.05. The number of nitrogens with two attached hydrogens (primary N) is 1. The predicted octanol–water partition coefficient (Wildman–Crippen LogP) is 3.61. The van der Waals surface area contributed by atoms with Gasteiger partial charge < -0.3 is 15.4 Å². The number of ether oxygens (including phenoxy) is 1. The summed E-state index contributed by atoms with van der Waals surface area (Å²) in [5.74, 6) is 1.54. The minimum Gasteiger partial charge on any atom is -0.476 e. The van der Waals surface area contributed by atoms with Gasteiger partial charge in [0.15, 0.2) is 0 Å². The highest BCUT2D eigenvalue weighted by molar-refractivity contribution is 5.54. The molecule has 1 aliphatic carbocycles. The van der Waals surface area contributed by atoms with Gasteiger partial charge in [0.05, 0.1) is 12.3 Å². The molecule has 0 radical (unpaired) electrons. The van der Waals surface area contributed by atoms with Gasteiger partial charge in [-0.15, -0.1) is 0 Å². The van der Waals surface area contributed by atoms with E-state index >= 15 is 0 Å². The van der Waals surface area contributed by atoms with Crippen molar-refractivity contribution in [3.63, 3.8) is 0 Å². The molecular weight excluding hydrogens is 250 g/mol.